The number of nitrogens with one attached hydrogen (secondary N) is 1. The highest BCUT2D eigenvalue weighted by molar-refractivity contribution is 7.20. The zero-order valence-electron chi connectivity index (χ0n) is 21.6. The number of nitriles is 1. The molecule has 11 heteroatoms. The highest BCUT2D eigenvalue weighted by Crippen LogP contribution is 2.26. The average Bonchev–Trinajstić information content (AvgIpc) is 3.40. The number of fused-ring (bicyclic) bond motifs is 1. The average molecular weight is 557 g/mol. The van der Waals surface area contributed by atoms with Gasteiger partial charge in [0.1, 0.15) is 10.7 Å². The second-order valence-electron chi connectivity index (χ2n) is 9.80. The number of nitrogens with two attached hydrogens (primary N) is 1. The highest BCUT2D eigenvalue weighted by Gasteiger charge is 2.26. The normalized spacial score (nSPS) is 15.9. The summed E-state index contributed by atoms with van der Waals surface area (Å²) >= 11 is 0.974. The van der Waals surface area contributed by atoms with Crippen LogP contribution in [-0.2, 0) is 17.8 Å². The number of carboxylic acids is 1. The van der Waals surface area contributed by atoms with Gasteiger partial charge in [-0.1, -0.05) is 48.5 Å². The van der Waals surface area contributed by atoms with E-state index in [1.165, 1.54) is 10.6 Å². The molecule has 0 saturated carbocycles. The zero-order chi connectivity index (χ0) is 28.2. The van der Waals surface area contributed by atoms with Crippen molar-refractivity contribution in [2.45, 2.75) is 37.9 Å². The minimum absolute atomic E-state index is 0.0671. The molecule has 0 unspecified atom stereocenters. The van der Waals surface area contributed by atoms with E-state index >= 15 is 0 Å². The summed E-state index contributed by atoms with van der Waals surface area (Å²) in [5.74, 6) is -1.31. The molecule has 3 heterocycles. The van der Waals surface area contributed by atoms with Crippen LogP contribution in [0.3, 0.4) is 0 Å². The molecular weight excluding hydrogens is 528 g/mol. The molecule has 2 atom stereocenters. The van der Waals surface area contributed by atoms with Gasteiger partial charge in [-0.3, -0.25) is 14.2 Å². The predicted octanol–water partition coefficient (Wildman–Crippen LogP) is 2.73. The van der Waals surface area contributed by atoms with Gasteiger partial charge >= 0.3 is 5.97 Å². The second-order valence-corrected chi connectivity index (χ2v) is 10.9. The van der Waals surface area contributed by atoms with E-state index in [2.05, 4.69) is 11.4 Å². The first-order valence-corrected chi connectivity index (χ1v) is 13.8. The van der Waals surface area contributed by atoms with Crippen molar-refractivity contribution in [1.29, 1.82) is 5.26 Å². The van der Waals surface area contributed by atoms with Crippen LogP contribution < -0.4 is 21.5 Å². The number of anilines is 1. The Labute approximate surface area is 234 Å². The first-order valence-electron chi connectivity index (χ1n) is 12.9. The molecule has 40 heavy (non-hydrogen) atoms. The van der Waals surface area contributed by atoms with Gasteiger partial charge in [-0.15, -0.1) is 11.3 Å². The lowest BCUT2D eigenvalue weighted by atomic mass is 10.1. The molecule has 5 rings (SSSR count). The molecule has 10 nitrogen and oxygen atoms in total. The number of carbonyl (C=O) groups is 2. The summed E-state index contributed by atoms with van der Waals surface area (Å²) in [4.78, 5) is 45.9. The lowest BCUT2D eigenvalue weighted by Gasteiger charge is -2.33. The van der Waals surface area contributed by atoms with Gasteiger partial charge in [0, 0.05) is 25.6 Å². The van der Waals surface area contributed by atoms with Gasteiger partial charge in [0.2, 0.25) is 5.95 Å². The Balaban J connectivity index is 1.52. The van der Waals surface area contributed by atoms with Crippen molar-refractivity contribution in [3.63, 3.8) is 0 Å². The molecule has 0 bridgehead atoms. The van der Waals surface area contributed by atoms with Crippen molar-refractivity contribution >= 4 is 39.4 Å². The van der Waals surface area contributed by atoms with Crippen LogP contribution in [0.5, 0.6) is 0 Å². The van der Waals surface area contributed by atoms with Crippen molar-refractivity contribution in [3.05, 3.63) is 92.6 Å². The maximum atomic E-state index is 13.9. The smallest absolute Gasteiger partial charge is 0.326 e. The van der Waals surface area contributed by atoms with Crippen molar-refractivity contribution in [1.82, 2.24) is 14.9 Å². The summed E-state index contributed by atoms with van der Waals surface area (Å²) in [6.45, 7) is 1.32. The third-order valence-electron chi connectivity index (χ3n) is 6.93. The Morgan fingerprint density at radius 2 is 1.95 bits per heavy atom. The molecule has 1 saturated heterocycles. The van der Waals surface area contributed by atoms with Crippen LogP contribution in [0, 0.1) is 11.3 Å². The summed E-state index contributed by atoms with van der Waals surface area (Å²) in [6.07, 6.45) is 1.84. The molecule has 0 spiro atoms. The fraction of sp³-hybridized carbons (Fsp3) is 0.276. The fourth-order valence-corrected chi connectivity index (χ4v) is 5.85. The summed E-state index contributed by atoms with van der Waals surface area (Å²) in [6, 6.07) is 18.6. The van der Waals surface area contributed by atoms with Crippen molar-refractivity contribution in [2.75, 3.05) is 18.0 Å². The summed E-state index contributed by atoms with van der Waals surface area (Å²) in [5.41, 5.74) is 8.16. The molecular formula is C29H28N6O4S. The maximum absolute atomic E-state index is 13.9. The molecule has 2 aromatic heterocycles. The molecule has 2 aromatic carbocycles. The fourth-order valence-electron chi connectivity index (χ4n) is 4.90. The summed E-state index contributed by atoms with van der Waals surface area (Å²) < 4.78 is 1.81. The van der Waals surface area contributed by atoms with Crippen LogP contribution >= 0.6 is 11.3 Å². The number of carbonyl (C=O) groups excluding carboxylic acids is 1. The molecule has 1 aliphatic rings. The SMILES string of the molecule is N#Cc1ccccc1Cn1c(N2CCC[C@@H](N)C2)nc2cc(C(=O)N[C@@H](Cc3ccccc3)C(=O)O)sc2c1=O. The van der Waals surface area contributed by atoms with E-state index < -0.39 is 17.9 Å². The Morgan fingerprint density at radius 3 is 2.67 bits per heavy atom. The number of hydrogen-bond donors (Lipinski definition) is 3. The van der Waals surface area contributed by atoms with Gasteiger partial charge in [-0.2, -0.15) is 5.26 Å². The van der Waals surface area contributed by atoms with Gasteiger partial charge in [0.05, 0.1) is 28.6 Å². The van der Waals surface area contributed by atoms with E-state index in [4.69, 9.17) is 10.7 Å². The maximum Gasteiger partial charge on any atom is 0.326 e. The molecule has 0 radical (unpaired) electrons. The summed E-state index contributed by atoms with van der Waals surface area (Å²) in [7, 11) is 0. The topological polar surface area (TPSA) is 154 Å². The van der Waals surface area contributed by atoms with Gasteiger partial charge < -0.3 is 21.1 Å². The van der Waals surface area contributed by atoms with E-state index in [9.17, 15) is 24.8 Å². The Bertz CT molecular complexity index is 1660. The molecule has 1 fully saturated rings. The highest BCUT2D eigenvalue weighted by atomic mass is 32.1. The molecule has 4 aromatic rings. The van der Waals surface area contributed by atoms with E-state index in [-0.39, 0.29) is 34.1 Å². The lowest BCUT2D eigenvalue weighted by molar-refractivity contribution is -0.139. The number of rotatable bonds is 8. The third-order valence-corrected chi connectivity index (χ3v) is 8.04. The van der Waals surface area contributed by atoms with Gasteiger partial charge in [0.25, 0.3) is 11.5 Å². The Hall–Kier alpha value is -4.53. The van der Waals surface area contributed by atoms with Crippen molar-refractivity contribution < 1.29 is 14.7 Å². The zero-order valence-corrected chi connectivity index (χ0v) is 22.4. The van der Waals surface area contributed by atoms with Crippen molar-refractivity contribution in [3.8, 4) is 6.07 Å². The van der Waals surface area contributed by atoms with E-state index in [1.54, 1.807) is 42.5 Å². The lowest BCUT2D eigenvalue weighted by Crippen LogP contribution is -2.45. The van der Waals surface area contributed by atoms with Gasteiger partial charge in [0.15, 0.2) is 0 Å². The second kappa shape index (κ2) is 11.7. The van der Waals surface area contributed by atoms with Crippen LogP contribution in [0.2, 0.25) is 0 Å². The molecule has 0 aliphatic carbocycles. The minimum atomic E-state index is -1.15. The van der Waals surface area contributed by atoms with E-state index in [0.29, 0.717) is 35.7 Å². The number of amides is 1. The number of thiophene rings is 1. The number of nitrogens with zero attached hydrogens (tertiary/aromatic N) is 4. The molecule has 1 amide bonds. The largest absolute Gasteiger partial charge is 0.480 e. The number of aliphatic carboxylic acids is 1. The molecule has 204 valence electrons. The van der Waals surface area contributed by atoms with Crippen LogP contribution in [0.4, 0.5) is 5.95 Å². The first-order chi connectivity index (χ1) is 19.3. The molecule has 1 aliphatic heterocycles. The molecule has 4 N–H and O–H groups in total. The standard InChI is InChI=1S/C29H28N6O4S/c30-15-19-9-4-5-10-20(19)16-35-27(37)25-22(33-29(35)34-12-6-11-21(31)17-34)14-24(40-25)26(36)32-23(28(38)39)13-18-7-2-1-3-8-18/h1-5,7-10,14,21,23H,6,11-13,16-17,31H2,(H,32,36)(H,38,39)/t21-,23+/m1/s1. The summed E-state index contributed by atoms with van der Waals surface area (Å²) in [5, 5.41) is 21.9. The number of aromatic nitrogens is 2. The minimum Gasteiger partial charge on any atom is -0.480 e. The third kappa shape index (κ3) is 5.73. The first kappa shape index (κ1) is 27.1. The Morgan fingerprint density at radius 1 is 1.20 bits per heavy atom. The number of piperidine rings is 1. The van der Waals surface area contributed by atoms with Crippen LogP contribution in [0.15, 0.2) is 65.5 Å². The van der Waals surface area contributed by atoms with Crippen LogP contribution in [0.1, 0.15) is 39.2 Å². The predicted molar refractivity (Wildman–Crippen MR) is 153 cm³/mol. The number of benzene rings is 2. The number of carboxylic acid groups (broad SMARTS) is 1. The van der Waals surface area contributed by atoms with Gasteiger partial charge in [-0.25, -0.2) is 9.78 Å². The van der Waals surface area contributed by atoms with Gasteiger partial charge in [-0.05, 0) is 36.1 Å². The quantitative estimate of drug-likeness (QED) is 0.299. The van der Waals surface area contributed by atoms with E-state index in [0.717, 1.165) is 29.7 Å². The monoisotopic (exact) mass is 556 g/mol. The number of hydrogen-bond acceptors (Lipinski definition) is 8. The van der Waals surface area contributed by atoms with E-state index in [1.807, 2.05) is 17.0 Å². The van der Waals surface area contributed by atoms with Crippen LogP contribution in [-0.4, -0.2) is 51.7 Å². The Kier molecular flexibility index (Phi) is 7.91. The van der Waals surface area contributed by atoms with Crippen molar-refractivity contribution in [2.24, 2.45) is 5.73 Å². The van der Waals surface area contributed by atoms with Crippen LogP contribution in [0.25, 0.3) is 10.2 Å².